The number of aliphatic carboxylic acids is 2. The predicted octanol–water partition coefficient (Wildman–Crippen LogP) is -1.72. The average Bonchev–Trinajstić information content (AvgIpc) is 2.68. The van der Waals surface area contributed by atoms with Crippen LogP contribution in [0.5, 0.6) is 0 Å². The van der Waals surface area contributed by atoms with E-state index in [-0.39, 0.29) is 10.6 Å². The van der Waals surface area contributed by atoms with Gasteiger partial charge in [-0.2, -0.15) is 0 Å². The van der Waals surface area contributed by atoms with Gasteiger partial charge in [-0.1, -0.05) is 0 Å². The van der Waals surface area contributed by atoms with E-state index < -0.39 is 41.0 Å². The second-order valence-electron chi connectivity index (χ2n) is 4.17. The summed E-state index contributed by atoms with van der Waals surface area (Å²) in [7, 11) is -2.69. The molecule has 0 saturated carbocycles. The van der Waals surface area contributed by atoms with Crippen LogP contribution in [0.15, 0.2) is 17.2 Å². The van der Waals surface area contributed by atoms with Gasteiger partial charge in [0.1, 0.15) is 23.7 Å². The van der Waals surface area contributed by atoms with Crippen molar-refractivity contribution < 1.29 is 33.0 Å². The highest BCUT2D eigenvalue weighted by Gasteiger charge is 2.25. The Kier molecular flexibility index (Phi) is 4.70. The molecule has 0 spiro atoms. The number of amides is 1. The van der Waals surface area contributed by atoms with Crippen molar-refractivity contribution in [1.82, 2.24) is 9.47 Å². The molecule has 4 N–H and O–H groups in total. The van der Waals surface area contributed by atoms with E-state index in [0.29, 0.717) is 4.90 Å². The smallest absolute Gasteiger partial charge is 0.323 e. The molecule has 1 aromatic rings. The number of nitrogens with two attached hydrogens (primary N) is 1. The maximum Gasteiger partial charge on any atom is 0.323 e. The van der Waals surface area contributed by atoms with Crippen molar-refractivity contribution in [2.45, 2.75) is 4.90 Å². The number of aromatic nitrogens is 1. The molecule has 1 rings (SSSR count). The minimum atomic E-state index is -4.03. The maximum absolute atomic E-state index is 12.1. The van der Waals surface area contributed by atoms with Crippen molar-refractivity contribution in [1.29, 1.82) is 0 Å². The van der Waals surface area contributed by atoms with Gasteiger partial charge in [0.15, 0.2) is 0 Å². The van der Waals surface area contributed by atoms with E-state index in [0.717, 1.165) is 16.8 Å². The lowest BCUT2D eigenvalue weighted by Crippen LogP contribution is -2.40. The SMILES string of the molecule is Cn1cc(S(N)(=O)=O)cc1C(=O)N(CC(=O)O)CC(=O)O. The summed E-state index contributed by atoms with van der Waals surface area (Å²) in [6.45, 7) is -1.66. The topological polar surface area (TPSA) is 160 Å². The van der Waals surface area contributed by atoms with E-state index in [2.05, 4.69) is 0 Å². The van der Waals surface area contributed by atoms with Crippen LogP contribution in [-0.2, 0) is 26.7 Å². The number of nitrogens with zero attached hydrogens (tertiary/aromatic N) is 2. The van der Waals surface area contributed by atoms with Crippen molar-refractivity contribution in [3.63, 3.8) is 0 Å². The predicted molar refractivity (Wildman–Crippen MR) is 68.0 cm³/mol. The lowest BCUT2D eigenvalue weighted by Gasteiger charge is -2.18. The third kappa shape index (κ3) is 4.29. The van der Waals surface area contributed by atoms with Gasteiger partial charge in [0.05, 0.1) is 0 Å². The zero-order valence-corrected chi connectivity index (χ0v) is 11.7. The van der Waals surface area contributed by atoms with Gasteiger partial charge in [-0.15, -0.1) is 0 Å². The van der Waals surface area contributed by atoms with Gasteiger partial charge in [-0.05, 0) is 6.07 Å². The zero-order chi connectivity index (χ0) is 16.4. The van der Waals surface area contributed by atoms with Crippen LogP contribution in [0.2, 0.25) is 0 Å². The molecule has 0 unspecified atom stereocenters. The maximum atomic E-state index is 12.1. The van der Waals surface area contributed by atoms with Crippen molar-refractivity contribution in [2.24, 2.45) is 12.2 Å². The Labute approximate surface area is 119 Å². The fourth-order valence-corrected chi connectivity index (χ4v) is 2.17. The molecule has 11 heteroatoms. The van der Waals surface area contributed by atoms with Crippen LogP contribution in [0.1, 0.15) is 10.5 Å². The number of rotatable bonds is 6. The highest BCUT2D eigenvalue weighted by molar-refractivity contribution is 7.89. The van der Waals surface area contributed by atoms with Gasteiger partial charge < -0.3 is 19.7 Å². The van der Waals surface area contributed by atoms with Crippen LogP contribution in [0.3, 0.4) is 0 Å². The molecule has 10 nitrogen and oxygen atoms in total. The largest absolute Gasteiger partial charge is 0.480 e. The molecule has 0 fully saturated rings. The third-order valence-electron chi connectivity index (χ3n) is 2.47. The van der Waals surface area contributed by atoms with Crippen LogP contribution in [0.25, 0.3) is 0 Å². The summed E-state index contributed by atoms with van der Waals surface area (Å²) < 4.78 is 23.5. The Morgan fingerprint density at radius 1 is 1.24 bits per heavy atom. The summed E-state index contributed by atoms with van der Waals surface area (Å²) >= 11 is 0. The first-order valence-corrected chi connectivity index (χ1v) is 6.99. The summed E-state index contributed by atoms with van der Waals surface area (Å²) in [5.41, 5.74) is -0.193. The number of hydrogen-bond donors (Lipinski definition) is 3. The Balaban J connectivity index is 3.17. The van der Waals surface area contributed by atoms with Crippen LogP contribution in [-0.4, -0.2) is 59.0 Å². The van der Waals surface area contributed by atoms with E-state index in [1.807, 2.05) is 0 Å². The van der Waals surface area contributed by atoms with Crippen molar-refractivity contribution in [3.05, 3.63) is 18.0 Å². The Bertz CT molecular complexity index is 676. The molecule has 0 aliphatic carbocycles. The molecule has 116 valence electrons. The number of sulfonamides is 1. The van der Waals surface area contributed by atoms with E-state index in [1.54, 1.807) is 0 Å². The molecule has 1 heterocycles. The van der Waals surface area contributed by atoms with Gasteiger partial charge in [-0.25, -0.2) is 13.6 Å². The fourth-order valence-electron chi connectivity index (χ4n) is 1.59. The first kappa shape index (κ1) is 16.7. The lowest BCUT2D eigenvalue weighted by atomic mass is 10.3. The number of carbonyl (C=O) groups is 3. The molecule has 0 radical (unpaired) electrons. The van der Waals surface area contributed by atoms with Gasteiger partial charge >= 0.3 is 11.9 Å². The Morgan fingerprint density at radius 3 is 2.05 bits per heavy atom. The summed E-state index contributed by atoms with van der Waals surface area (Å²) in [4.78, 5) is 33.7. The van der Waals surface area contributed by atoms with Crippen molar-refractivity contribution >= 4 is 27.9 Å². The molecule has 1 amide bonds. The summed E-state index contributed by atoms with van der Waals surface area (Å²) in [6.07, 6.45) is 1.07. The van der Waals surface area contributed by atoms with E-state index in [1.165, 1.54) is 7.05 Å². The minimum absolute atomic E-state index is 0.193. The number of carbonyl (C=O) groups excluding carboxylic acids is 1. The quantitative estimate of drug-likeness (QED) is 0.562. The molecule has 0 saturated heterocycles. The van der Waals surface area contributed by atoms with Gasteiger partial charge in [0, 0.05) is 13.2 Å². The van der Waals surface area contributed by atoms with Crippen LogP contribution < -0.4 is 5.14 Å². The van der Waals surface area contributed by atoms with Crippen LogP contribution in [0.4, 0.5) is 0 Å². The number of carboxylic acid groups (broad SMARTS) is 2. The molecule has 0 aliphatic heterocycles. The molecule has 0 bridgehead atoms. The summed E-state index contributed by atoms with van der Waals surface area (Å²) in [5.74, 6) is -3.73. The van der Waals surface area contributed by atoms with E-state index in [9.17, 15) is 22.8 Å². The fraction of sp³-hybridized carbons (Fsp3) is 0.300. The van der Waals surface area contributed by atoms with Crippen molar-refractivity contribution in [3.8, 4) is 0 Å². The Morgan fingerprint density at radius 2 is 1.71 bits per heavy atom. The minimum Gasteiger partial charge on any atom is -0.480 e. The second-order valence-corrected chi connectivity index (χ2v) is 5.73. The first-order valence-electron chi connectivity index (χ1n) is 5.44. The molecule has 0 aliphatic rings. The summed E-state index contributed by atoms with van der Waals surface area (Å²) in [5, 5.41) is 22.3. The molecule has 0 atom stereocenters. The van der Waals surface area contributed by atoms with E-state index in [4.69, 9.17) is 15.4 Å². The normalized spacial score (nSPS) is 11.1. The van der Waals surface area contributed by atoms with Crippen molar-refractivity contribution in [2.75, 3.05) is 13.1 Å². The number of primary sulfonamides is 1. The molecule has 0 aromatic carbocycles. The molecule has 1 aromatic heterocycles. The lowest BCUT2D eigenvalue weighted by molar-refractivity contribution is -0.140. The number of carboxylic acids is 2. The zero-order valence-electron chi connectivity index (χ0n) is 10.9. The standard InChI is InChI=1S/C10H13N3O7S/c1-12-3-6(21(11,19)20)2-7(12)10(18)13(4-8(14)15)5-9(16)17/h2-3H,4-5H2,1H3,(H,14,15)(H,16,17)(H2,11,19,20). The molecule has 21 heavy (non-hydrogen) atoms. The highest BCUT2D eigenvalue weighted by Crippen LogP contribution is 2.14. The van der Waals surface area contributed by atoms with Gasteiger partial charge in [0.25, 0.3) is 5.91 Å². The molecular weight excluding hydrogens is 306 g/mol. The van der Waals surface area contributed by atoms with Crippen LogP contribution in [0, 0.1) is 0 Å². The second kappa shape index (κ2) is 5.93. The monoisotopic (exact) mass is 319 g/mol. The van der Waals surface area contributed by atoms with Gasteiger partial charge in [0.2, 0.25) is 10.0 Å². The van der Waals surface area contributed by atoms with Crippen LogP contribution >= 0.6 is 0 Å². The Hall–Kier alpha value is -2.40. The average molecular weight is 319 g/mol. The van der Waals surface area contributed by atoms with E-state index >= 15 is 0 Å². The molecular formula is C10H13N3O7S. The summed E-state index contributed by atoms with van der Waals surface area (Å²) in [6, 6.07) is 0.953. The van der Waals surface area contributed by atoms with Gasteiger partial charge in [-0.3, -0.25) is 14.4 Å². The first-order chi connectivity index (χ1) is 9.52. The number of hydrogen-bond acceptors (Lipinski definition) is 5. The highest BCUT2D eigenvalue weighted by atomic mass is 32.2. The number of aryl methyl sites for hydroxylation is 1. The third-order valence-corrected chi connectivity index (χ3v) is 3.35.